The van der Waals surface area contributed by atoms with E-state index < -0.39 is 11.4 Å². The molecule has 0 aromatic carbocycles. The van der Waals surface area contributed by atoms with Gasteiger partial charge in [0.05, 0.1) is 6.61 Å². The maximum atomic E-state index is 10.8. The van der Waals surface area contributed by atoms with Crippen molar-refractivity contribution < 1.29 is 14.6 Å². The van der Waals surface area contributed by atoms with Crippen LogP contribution in [0.25, 0.3) is 0 Å². The number of aliphatic carboxylic acids is 1. The highest BCUT2D eigenvalue weighted by Crippen LogP contribution is 2.25. The van der Waals surface area contributed by atoms with Crippen LogP contribution in [0.5, 0.6) is 0 Å². The topological polar surface area (TPSA) is 58.6 Å². The highest BCUT2D eigenvalue weighted by Gasteiger charge is 2.41. The lowest BCUT2D eigenvalue weighted by atomic mass is 9.88. The monoisotopic (exact) mass is 159 g/mol. The van der Waals surface area contributed by atoms with E-state index in [-0.39, 0.29) is 0 Å². The Balaban J connectivity index is 2.62. The van der Waals surface area contributed by atoms with E-state index in [2.05, 4.69) is 5.32 Å². The number of carbonyl (C=O) groups is 1. The molecule has 1 saturated heterocycles. The molecule has 0 aromatic rings. The van der Waals surface area contributed by atoms with Crippen molar-refractivity contribution in [2.45, 2.75) is 6.42 Å². The van der Waals surface area contributed by atoms with Crippen molar-refractivity contribution >= 4 is 5.97 Å². The number of nitrogens with one attached hydrogen (secondary N) is 1. The molecule has 0 amide bonds. The summed E-state index contributed by atoms with van der Waals surface area (Å²) in [5.74, 6) is -0.760. The molecule has 0 radical (unpaired) electrons. The van der Waals surface area contributed by atoms with Crippen molar-refractivity contribution in [2.75, 3.05) is 26.8 Å². The van der Waals surface area contributed by atoms with Gasteiger partial charge in [-0.15, -0.1) is 0 Å². The standard InChI is InChI=1S/C7H13NO3/c1-11-5-7(6(9)10)2-3-8-4-7/h8H,2-5H2,1H3,(H,9,10). The van der Waals surface area contributed by atoms with E-state index in [1.54, 1.807) is 0 Å². The molecule has 0 bridgehead atoms. The Morgan fingerprint density at radius 1 is 1.82 bits per heavy atom. The normalized spacial score (nSPS) is 30.6. The third-order valence-corrected chi connectivity index (χ3v) is 2.12. The minimum atomic E-state index is -0.760. The van der Waals surface area contributed by atoms with Gasteiger partial charge in [0.15, 0.2) is 0 Å². The van der Waals surface area contributed by atoms with Gasteiger partial charge in [0, 0.05) is 13.7 Å². The molecule has 0 aromatic heterocycles. The highest BCUT2D eigenvalue weighted by molar-refractivity contribution is 5.75. The first-order chi connectivity index (χ1) is 5.21. The summed E-state index contributed by atoms with van der Waals surface area (Å²) >= 11 is 0. The SMILES string of the molecule is COCC1(C(=O)O)CCNC1. The molecule has 1 atom stereocenters. The summed E-state index contributed by atoms with van der Waals surface area (Å²) < 4.78 is 4.87. The smallest absolute Gasteiger partial charge is 0.313 e. The van der Waals surface area contributed by atoms with Gasteiger partial charge in [0.2, 0.25) is 0 Å². The third kappa shape index (κ3) is 1.52. The summed E-state index contributed by atoms with van der Waals surface area (Å²) in [5.41, 5.74) is -0.672. The number of methoxy groups -OCH3 is 1. The zero-order chi connectivity index (χ0) is 8.32. The van der Waals surface area contributed by atoms with Crippen LogP contribution in [0.4, 0.5) is 0 Å². The Kier molecular flexibility index (Phi) is 2.46. The molecule has 11 heavy (non-hydrogen) atoms. The minimum Gasteiger partial charge on any atom is -0.481 e. The van der Waals surface area contributed by atoms with E-state index in [1.165, 1.54) is 7.11 Å². The van der Waals surface area contributed by atoms with Crippen LogP contribution in [0.15, 0.2) is 0 Å². The number of ether oxygens (including phenoxy) is 1. The van der Waals surface area contributed by atoms with Crippen molar-refractivity contribution in [1.29, 1.82) is 0 Å². The number of carboxylic acids is 1. The molecule has 1 aliphatic heterocycles. The summed E-state index contributed by atoms with van der Waals surface area (Å²) in [6, 6.07) is 0. The molecular formula is C7H13NO3. The van der Waals surface area contributed by atoms with Crippen molar-refractivity contribution in [3.05, 3.63) is 0 Å². The van der Waals surface area contributed by atoms with Crippen LogP contribution in [0, 0.1) is 5.41 Å². The van der Waals surface area contributed by atoms with Gasteiger partial charge in [0.1, 0.15) is 5.41 Å². The van der Waals surface area contributed by atoms with Crippen LogP contribution in [-0.4, -0.2) is 37.9 Å². The molecule has 64 valence electrons. The molecule has 4 nitrogen and oxygen atoms in total. The Morgan fingerprint density at radius 2 is 2.55 bits per heavy atom. The average molecular weight is 159 g/mol. The first kappa shape index (κ1) is 8.49. The van der Waals surface area contributed by atoms with Crippen LogP contribution in [-0.2, 0) is 9.53 Å². The fraction of sp³-hybridized carbons (Fsp3) is 0.857. The van der Waals surface area contributed by atoms with Crippen LogP contribution in [0.2, 0.25) is 0 Å². The second-order valence-electron chi connectivity index (χ2n) is 2.95. The van der Waals surface area contributed by atoms with Gasteiger partial charge in [-0.3, -0.25) is 4.79 Å². The molecule has 1 aliphatic rings. The number of carboxylic acid groups (broad SMARTS) is 1. The first-order valence-electron chi connectivity index (χ1n) is 3.64. The van der Waals surface area contributed by atoms with Crippen LogP contribution >= 0.6 is 0 Å². The first-order valence-corrected chi connectivity index (χ1v) is 3.64. The summed E-state index contributed by atoms with van der Waals surface area (Å²) in [4.78, 5) is 10.8. The average Bonchev–Trinajstić information content (AvgIpc) is 2.38. The molecule has 0 saturated carbocycles. The van der Waals surface area contributed by atoms with Gasteiger partial charge in [0.25, 0.3) is 0 Å². The number of hydrogen-bond acceptors (Lipinski definition) is 3. The van der Waals surface area contributed by atoms with Gasteiger partial charge in [-0.25, -0.2) is 0 Å². The van der Waals surface area contributed by atoms with Gasteiger partial charge in [-0.2, -0.15) is 0 Å². The van der Waals surface area contributed by atoms with Gasteiger partial charge in [-0.1, -0.05) is 0 Å². The maximum absolute atomic E-state index is 10.8. The Hall–Kier alpha value is -0.610. The second-order valence-corrected chi connectivity index (χ2v) is 2.95. The Morgan fingerprint density at radius 3 is 2.91 bits per heavy atom. The molecule has 1 rings (SSSR count). The molecule has 1 heterocycles. The summed E-state index contributed by atoms with van der Waals surface area (Å²) in [5, 5.41) is 11.9. The summed E-state index contributed by atoms with van der Waals surface area (Å²) in [6.45, 7) is 1.60. The van der Waals surface area contributed by atoms with Crippen molar-refractivity contribution in [3.8, 4) is 0 Å². The molecule has 1 fully saturated rings. The zero-order valence-electron chi connectivity index (χ0n) is 6.59. The van der Waals surface area contributed by atoms with Crippen molar-refractivity contribution in [3.63, 3.8) is 0 Å². The van der Waals surface area contributed by atoms with Crippen LogP contribution in [0.3, 0.4) is 0 Å². The van der Waals surface area contributed by atoms with Gasteiger partial charge in [-0.05, 0) is 13.0 Å². The third-order valence-electron chi connectivity index (χ3n) is 2.12. The molecule has 2 N–H and O–H groups in total. The quantitative estimate of drug-likeness (QED) is 0.593. The largest absolute Gasteiger partial charge is 0.481 e. The fourth-order valence-electron chi connectivity index (χ4n) is 1.39. The Labute approximate surface area is 65.5 Å². The summed E-state index contributed by atoms with van der Waals surface area (Å²) in [7, 11) is 1.53. The molecule has 0 aliphatic carbocycles. The van der Waals surface area contributed by atoms with E-state index in [0.29, 0.717) is 19.6 Å². The molecular weight excluding hydrogens is 146 g/mol. The lowest BCUT2D eigenvalue weighted by molar-refractivity contribution is -0.150. The fourth-order valence-corrected chi connectivity index (χ4v) is 1.39. The molecule has 0 spiro atoms. The predicted octanol–water partition coefficient (Wildman–Crippen LogP) is -0.303. The Bertz CT molecular complexity index is 152. The van der Waals surface area contributed by atoms with E-state index >= 15 is 0 Å². The van der Waals surface area contributed by atoms with E-state index in [9.17, 15) is 4.79 Å². The molecule has 1 unspecified atom stereocenters. The minimum absolute atomic E-state index is 0.301. The van der Waals surface area contributed by atoms with Crippen LogP contribution in [0.1, 0.15) is 6.42 Å². The van der Waals surface area contributed by atoms with E-state index in [1.807, 2.05) is 0 Å². The highest BCUT2D eigenvalue weighted by atomic mass is 16.5. The van der Waals surface area contributed by atoms with Gasteiger partial charge < -0.3 is 15.2 Å². The second kappa shape index (κ2) is 3.19. The zero-order valence-corrected chi connectivity index (χ0v) is 6.59. The lowest BCUT2D eigenvalue weighted by Crippen LogP contribution is -2.37. The van der Waals surface area contributed by atoms with Gasteiger partial charge >= 0.3 is 5.97 Å². The summed E-state index contributed by atoms with van der Waals surface area (Å²) in [6.07, 6.45) is 0.663. The number of hydrogen-bond donors (Lipinski definition) is 2. The maximum Gasteiger partial charge on any atom is 0.313 e. The van der Waals surface area contributed by atoms with Crippen molar-refractivity contribution in [2.24, 2.45) is 5.41 Å². The number of rotatable bonds is 3. The van der Waals surface area contributed by atoms with E-state index in [4.69, 9.17) is 9.84 Å². The predicted molar refractivity (Wildman–Crippen MR) is 39.4 cm³/mol. The van der Waals surface area contributed by atoms with E-state index in [0.717, 1.165) is 6.54 Å². The lowest BCUT2D eigenvalue weighted by Gasteiger charge is -2.20. The molecule has 4 heteroatoms. The van der Waals surface area contributed by atoms with Crippen molar-refractivity contribution in [1.82, 2.24) is 5.32 Å². The van der Waals surface area contributed by atoms with Crippen LogP contribution < -0.4 is 5.32 Å².